The van der Waals surface area contributed by atoms with E-state index in [-0.39, 0.29) is 5.38 Å². The Hall–Kier alpha value is 0.500. The van der Waals surface area contributed by atoms with Crippen LogP contribution in [0, 0.1) is 0 Å². The molecule has 0 aromatic carbocycles. The smallest absolute Gasteiger partial charge is 0.0551 e. The molecule has 0 aliphatic heterocycles. The highest BCUT2D eigenvalue weighted by molar-refractivity contribution is 14.1. The monoisotopic (exact) mass is 268 g/mol. The third-order valence-electron chi connectivity index (χ3n) is 1.59. The summed E-state index contributed by atoms with van der Waals surface area (Å²) in [7, 11) is 0. The Balaban J connectivity index is 2.71. The molecule has 0 spiro atoms. The summed E-state index contributed by atoms with van der Waals surface area (Å²) < 4.78 is 0.543. The van der Waals surface area contributed by atoms with Crippen LogP contribution < -0.4 is 0 Å². The quantitative estimate of drug-likeness (QED) is 0.359. The van der Waals surface area contributed by atoms with Gasteiger partial charge in [0.2, 0.25) is 0 Å². The van der Waals surface area contributed by atoms with Crippen LogP contribution in [0.15, 0.2) is 23.8 Å². The predicted octanol–water partition coefficient (Wildman–Crippen LogP) is 3.30. The zero-order chi connectivity index (χ0) is 7.56. The van der Waals surface area contributed by atoms with E-state index in [0.717, 1.165) is 6.42 Å². The first-order valence-electron chi connectivity index (χ1n) is 3.33. The Morgan fingerprint density at radius 1 is 1.60 bits per heavy atom. The largest absolute Gasteiger partial charge is 0.118 e. The van der Waals surface area contributed by atoms with Crippen LogP contribution in [0.5, 0.6) is 0 Å². The van der Waals surface area contributed by atoms with Crippen molar-refractivity contribution in [2.45, 2.75) is 22.6 Å². The Kier molecular flexibility index (Phi) is 3.24. The summed E-state index contributed by atoms with van der Waals surface area (Å²) in [5.74, 6) is 0. The van der Waals surface area contributed by atoms with Gasteiger partial charge in [-0.2, -0.15) is 0 Å². The van der Waals surface area contributed by atoms with Crippen molar-refractivity contribution < 1.29 is 0 Å². The van der Waals surface area contributed by atoms with Gasteiger partial charge in [-0.3, -0.25) is 0 Å². The molecule has 0 nitrogen and oxygen atoms in total. The molecule has 10 heavy (non-hydrogen) atoms. The van der Waals surface area contributed by atoms with Crippen molar-refractivity contribution in [2.24, 2.45) is 0 Å². The molecule has 2 heteroatoms. The van der Waals surface area contributed by atoms with Crippen LogP contribution in [0.2, 0.25) is 0 Å². The van der Waals surface area contributed by atoms with Crippen molar-refractivity contribution in [2.75, 3.05) is 0 Å². The van der Waals surface area contributed by atoms with Crippen LogP contribution in [0.25, 0.3) is 0 Å². The number of alkyl halides is 2. The van der Waals surface area contributed by atoms with Crippen LogP contribution in [0.1, 0.15) is 13.3 Å². The van der Waals surface area contributed by atoms with Crippen molar-refractivity contribution >= 4 is 34.2 Å². The second-order valence-corrected chi connectivity index (χ2v) is 4.39. The maximum absolute atomic E-state index is 5.92. The molecule has 0 amide bonds. The molecule has 2 atom stereocenters. The maximum Gasteiger partial charge on any atom is 0.0551 e. The summed E-state index contributed by atoms with van der Waals surface area (Å²) in [6.45, 7) is 2.15. The molecule has 0 radical (unpaired) electrons. The summed E-state index contributed by atoms with van der Waals surface area (Å²) in [4.78, 5) is 0. The Labute approximate surface area is 80.5 Å². The van der Waals surface area contributed by atoms with E-state index in [9.17, 15) is 0 Å². The molecule has 2 unspecified atom stereocenters. The molecular formula is C8H10ClI. The van der Waals surface area contributed by atoms with Gasteiger partial charge in [-0.1, -0.05) is 46.4 Å². The zero-order valence-electron chi connectivity index (χ0n) is 5.85. The highest BCUT2D eigenvalue weighted by atomic mass is 127. The highest BCUT2D eigenvalue weighted by Gasteiger charge is 2.07. The van der Waals surface area contributed by atoms with E-state index in [4.69, 9.17) is 11.6 Å². The summed E-state index contributed by atoms with van der Waals surface area (Å²) in [5, 5.41) is 0.203. The van der Waals surface area contributed by atoms with E-state index < -0.39 is 0 Å². The molecule has 0 saturated heterocycles. The fourth-order valence-corrected chi connectivity index (χ4v) is 1.53. The summed E-state index contributed by atoms with van der Waals surface area (Å²) in [6, 6.07) is 0. The van der Waals surface area contributed by atoms with Crippen LogP contribution in [0.3, 0.4) is 0 Å². The van der Waals surface area contributed by atoms with Gasteiger partial charge in [0.15, 0.2) is 0 Å². The third kappa shape index (κ3) is 2.27. The predicted molar refractivity (Wildman–Crippen MR) is 55.0 cm³/mol. The van der Waals surface area contributed by atoms with Gasteiger partial charge in [-0.05, 0) is 13.3 Å². The van der Waals surface area contributed by atoms with Crippen molar-refractivity contribution in [1.82, 2.24) is 0 Å². The lowest BCUT2D eigenvalue weighted by Gasteiger charge is -2.00. The van der Waals surface area contributed by atoms with E-state index in [1.54, 1.807) is 0 Å². The normalized spacial score (nSPS) is 33.3. The van der Waals surface area contributed by atoms with Gasteiger partial charge in [0, 0.05) is 3.92 Å². The van der Waals surface area contributed by atoms with E-state index in [1.807, 2.05) is 0 Å². The van der Waals surface area contributed by atoms with Crippen molar-refractivity contribution in [3.8, 4) is 0 Å². The Bertz CT molecular complexity index is 172. The van der Waals surface area contributed by atoms with Crippen LogP contribution in [-0.4, -0.2) is 9.30 Å². The number of allylic oxidation sites excluding steroid dienone is 4. The summed E-state index contributed by atoms with van der Waals surface area (Å²) >= 11 is 8.32. The molecule has 0 aromatic heterocycles. The second-order valence-electron chi connectivity index (χ2n) is 2.49. The van der Waals surface area contributed by atoms with Gasteiger partial charge in [-0.15, -0.1) is 11.6 Å². The second kappa shape index (κ2) is 3.77. The van der Waals surface area contributed by atoms with Crippen molar-refractivity contribution in [1.29, 1.82) is 0 Å². The van der Waals surface area contributed by atoms with Crippen molar-refractivity contribution in [3.63, 3.8) is 0 Å². The summed E-state index contributed by atoms with van der Waals surface area (Å²) in [5.41, 5.74) is 1.42. The lowest BCUT2D eigenvalue weighted by molar-refractivity contribution is 1.06. The molecule has 0 N–H and O–H groups in total. The number of halogens is 2. The van der Waals surface area contributed by atoms with Crippen LogP contribution in [-0.2, 0) is 0 Å². The number of hydrogen-bond acceptors (Lipinski definition) is 0. The SMILES string of the molecule is CC1=CCC(Cl)C=CC1I. The van der Waals surface area contributed by atoms with Crippen LogP contribution >= 0.6 is 34.2 Å². The average Bonchev–Trinajstić information content (AvgIpc) is 2.04. The molecule has 1 aliphatic carbocycles. The first-order valence-corrected chi connectivity index (χ1v) is 5.01. The lowest BCUT2D eigenvalue weighted by Crippen LogP contribution is -1.91. The lowest BCUT2D eigenvalue weighted by atomic mass is 10.2. The first-order chi connectivity index (χ1) is 4.70. The molecule has 0 aromatic rings. The minimum atomic E-state index is 0.203. The number of hydrogen-bond donors (Lipinski definition) is 0. The van der Waals surface area contributed by atoms with Gasteiger partial charge in [0.1, 0.15) is 0 Å². The molecule has 0 saturated carbocycles. The van der Waals surface area contributed by atoms with Crippen molar-refractivity contribution in [3.05, 3.63) is 23.8 Å². The Morgan fingerprint density at radius 2 is 2.30 bits per heavy atom. The molecule has 0 bridgehead atoms. The fraction of sp³-hybridized carbons (Fsp3) is 0.500. The van der Waals surface area contributed by atoms with E-state index in [0.29, 0.717) is 3.92 Å². The molecule has 0 heterocycles. The van der Waals surface area contributed by atoms with Gasteiger partial charge in [0.05, 0.1) is 5.38 Å². The molecular weight excluding hydrogens is 258 g/mol. The molecule has 0 fully saturated rings. The van der Waals surface area contributed by atoms with E-state index >= 15 is 0 Å². The Morgan fingerprint density at radius 3 is 3.00 bits per heavy atom. The fourth-order valence-electron chi connectivity index (χ4n) is 0.860. The molecule has 1 aliphatic rings. The zero-order valence-corrected chi connectivity index (χ0v) is 8.76. The minimum Gasteiger partial charge on any atom is -0.118 e. The standard InChI is InChI=1S/C8H10ClI/c1-6-2-3-7(9)4-5-8(6)10/h2,4-5,7-8H,3H2,1H3. The van der Waals surface area contributed by atoms with E-state index in [1.165, 1.54) is 5.57 Å². The average molecular weight is 269 g/mol. The first kappa shape index (κ1) is 8.60. The molecule has 1 rings (SSSR count). The van der Waals surface area contributed by atoms with Gasteiger partial charge >= 0.3 is 0 Å². The highest BCUT2D eigenvalue weighted by Crippen LogP contribution is 2.20. The molecule has 56 valence electrons. The van der Waals surface area contributed by atoms with Gasteiger partial charge in [-0.25, -0.2) is 0 Å². The van der Waals surface area contributed by atoms with E-state index in [2.05, 4.69) is 47.7 Å². The third-order valence-corrected chi connectivity index (χ3v) is 3.31. The summed E-state index contributed by atoms with van der Waals surface area (Å²) in [6.07, 6.45) is 7.43. The van der Waals surface area contributed by atoms with Gasteiger partial charge < -0.3 is 0 Å². The minimum absolute atomic E-state index is 0.203. The van der Waals surface area contributed by atoms with Crippen LogP contribution in [0.4, 0.5) is 0 Å². The maximum atomic E-state index is 5.92. The van der Waals surface area contributed by atoms with Gasteiger partial charge in [0.25, 0.3) is 0 Å². The number of rotatable bonds is 0. The topological polar surface area (TPSA) is 0 Å².